The highest BCUT2D eigenvalue weighted by molar-refractivity contribution is 5.77. The van der Waals surface area contributed by atoms with Gasteiger partial charge in [-0.2, -0.15) is 0 Å². The minimum atomic E-state index is -0.844. The molecule has 0 amide bonds. The molecule has 5 heteroatoms. The summed E-state index contributed by atoms with van der Waals surface area (Å²) in [6.07, 6.45) is 0.352. The number of aromatic nitrogens is 2. The van der Waals surface area contributed by atoms with Gasteiger partial charge in [-0.3, -0.25) is 4.79 Å². The van der Waals surface area contributed by atoms with E-state index in [0.29, 0.717) is 17.8 Å². The van der Waals surface area contributed by atoms with Crippen LogP contribution in [0.3, 0.4) is 0 Å². The van der Waals surface area contributed by atoms with Crippen LogP contribution < -0.4 is 0 Å². The van der Waals surface area contributed by atoms with Crippen molar-refractivity contribution in [3.05, 3.63) is 24.0 Å². The van der Waals surface area contributed by atoms with E-state index in [1.165, 1.54) is 0 Å². The third-order valence-electron chi connectivity index (χ3n) is 2.44. The van der Waals surface area contributed by atoms with Crippen molar-refractivity contribution in [2.75, 3.05) is 0 Å². The van der Waals surface area contributed by atoms with Gasteiger partial charge in [0, 0.05) is 12.5 Å². The number of aliphatic carboxylic acids is 1. The number of phenolic OH excluding ortho intramolecular Hbond substituents is 1. The van der Waals surface area contributed by atoms with Crippen LogP contribution in [0, 0.1) is 5.92 Å². The van der Waals surface area contributed by atoms with Crippen molar-refractivity contribution in [3.63, 3.8) is 0 Å². The summed E-state index contributed by atoms with van der Waals surface area (Å²) in [6.45, 7) is 1.63. The molecule has 1 aromatic carbocycles. The van der Waals surface area contributed by atoms with Gasteiger partial charge >= 0.3 is 5.97 Å². The van der Waals surface area contributed by atoms with Crippen molar-refractivity contribution in [1.29, 1.82) is 0 Å². The Bertz CT molecular complexity index is 533. The van der Waals surface area contributed by atoms with Crippen LogP contribution in [0.15, 0.2) is 18.2 Å². The first-order valence-corrected chi connectivity index (χ1v) is 4.96. The van der Waals surface area contributed by atoms with E-state index in [2.05, 4.69) is 9.97 Å². The van der Waals surface area contributed by atoms with Gasteiger partial charge in [-0.25, -0.2) is 4.98 Å². The van der Waals surface area contributed by atoms with Crippen LogP contribution in [0.25, 0.3) is 11.0 Å². The van der Waals surface area contributed by atoms with E-state index >= 15 is 0 Å². The van der Waals surface area contributed by atoms with Crippen LogP contribution in [0.1, 0.15) is 12.7 Å². The SMILES string of the molecule is CC(Cc1nc2ccc(O)cc2[nH]1)C(=O)O. The Morgan fingerprint density at radius 3 is 3.00 bits per heavy atom. The number of fused-ring (bicyclic) bond motifs is 1. The number of H-pyrrole nitrogens is 1. The molecule has 0 aliphatic carbocycles. The summed E-state index contributed by atoms with van der Waals surface area (Å²) in [5.74, 6) is -0.540. The number of nitrogens with zero attached hydrogens (tertiary/aromatic N) is 1. The van der Waals surface area contributed by atoms with Crippen molar-refractivity contribution >= 4 is 17.0 Å². The Morgan fingerprint density at radius 1 is 1.56 bits per heavy atom. The van der Waals surface area contributed by atoms with Gasteiger partial charge in [-0.05, 0) is 12.1 Å². The fourth-order valence-electron chi connectivity index (χ4n) is 1.52. The molecule has 1 heterocycles. The standard InChI is InChI=1S/C11H12N2O3/c1-6(11(15)16)4-10-12-8-3-2-7(14)5-9(8)13-10/h2-3,5-6,14H,4H2,1H3,(H,12,13)(H,15,16). The van der Waals surface area contributed by atoms with Crippen LogP contribution in [0.5, 0.6) is 5.75 Å². The lowest BCUT2D eigenvalue weighted by Crippen LogP contribution is -2.12. The van der Waals surface area contributed by atoms with Crippen molar-refractivity contribution in [2.24, 2.45) is 5.92 Å². The van der Waals surface area contributed by atoms with E-state index in [1.54, 1.807) is 25.1 Å². The molecule has 0 saturated heterocycles. The second kappa shape index (κ2) is 3.84. The van der Waals surface area contributed by atoms with E-state index in [-0.39, 0.29) is 5.75 Å². The van der Waals surface area contributed by atoms with Crippen LogP contribution in [-0.4, -0.2) is 26.2 Å². The van der Waals surface area contributed by atoms with Crippen LogP contribution in [-0.2, 0) is 11.2 Å². The molecule has 0 bridgehead atoms. The minimum Gasteiger partial charge on any atom is -0.508 e. The average Bonchev–Trinajstić information content (AvgIpc) is 2.58. The highest BCUT2D eigenvalue weighted by Crippen LogP contribution is 2.18. The zero-order chi connectivity index (χ0) is 11.7. The molecule has 3 N–H and O–H groups in total. The number of nitrogens with one attached hydrogen (secondary N) is 1. The number of carboxylic acid groups (broad SMARTS) is 1. The first kappa shape index (κ1) is 10.5. The highest BCUT2D eigenvalue weighted by Gasteiger charge is 2.14. The monoisotopic (exact) mass is 220 g/mol. The molecule has 5 nitrogen and oxygen atoms in total. The van der Waals surface area contributed by atoms with Gasteiger partial charge in [0.1, 0.15) is 11.6 Å². The molecule has 0 spiro atoms. The smallest absolute Gasteiger partial charge is 0.306 e. The quantitative estimate of drug-likeness (QED) is 0.732. The van der Waals surface area contributed by atoms with Gasteiger partial charge in [0.05, 0.1) is 17.0 Å². The largest absolute Gasteiger partial charge is 0.508 e. The van der Waals surface area contributed by atoms with Crippen molar-refractivity contribution in [2.45, 2.75) is 13.3 Å². The first-order valence-electron chi connectivity index (χ1n) is 4.96. The van der Waals surface area contributed by atoms with Crippen molar-refractivity contribution in [1.82, 2.24) is 9.97 Å². The van der Waals surface area contributed by atoms with E-state index in [4.69, 9.17) is 5.11 Å². The number of carboxylic acids is 1. The van der Waals surface area contributed by atoms with Gasteiger partial charge in [0.2, 0.25) is 0 Å². The predicted octanol–water partition coefficient (Wildman–Crippen LogP) is 1.53. The lowest BCUT2D eigenvalue weighted by atomic mass is 10.1. The molecule has 0 aliphatic rings. The molecular weight excluding hydrogens is 208 g/mol. The number of hydrogen-bond donors (Lipinski definition) is 3. The molecule has 0 aliphatic heterocycles. The number of phenols is 1. The first-order chi connectivity index (χ1) is 7.56. The van der Waals surface area contributed by atoms with Gasteiger partial charge in [-0.15, -0.1) is 0 Å². The molecule has 1 aromatic heterocycles. The van der Waals surface area contributed by atoms with Gasteiger partial charge < -0.3 is 15.2 Å². The summed E-state index contributed by atoms with van der Waals surface area (Å²) < 4.78 is 0. The highest BCUT2D eigenvalue weighted by atomic mass is 16.4. The predicted molar refractivity (Wildman–Crippen MR) is 58.3 cm³/mol. The molecule has 0 fully saturated rings. The molecule has 2 rings (SSSR count). The summed E-state index contributed by atoms with van der Waals surface area (Å²) >= 11 is 0. The number of aromatic hydroxyl groups is 1. The molecular formula is C11H12N2O3. The minimum absolute atomic E-state index is 0.161. The molecule has 84 valence electrons. The summed E-state index contributed by atoms with van der Waals surface area (Å²) in [5.41, 5.74) is 1.44. The Morgan fingerprint density at radius 2 is 2.31 bits per heavy atom. The molecule has 0 radical (unpaired) electrons. The second-order valence-corrected chi connectivity index (χ2v) is 3.83. The fraction of sp³-hybridized carbons (Fsp3) is 0.273. The number of aromatic amines is 1. The Kier molecular flexibility index (Phi) is 2.52. The normalized spacial score (nSPS) is 12.8. The molecule has 16 heavy (non-hydrogen) atoms. The number of benzene rings is 1. The van der Waals surface area contributed by atoms with E-state index in [9.17, 15) is 9.90 Å². The van der Waals surface area contributed by atoms with E-state index in [0.717, 1.165) is 5.52 Å². The number of imidazole rings is 1. The number of carbonyl (C=O) groups is 1. The average molecular weight is 220 g/mol. The second-order valence-electron chi connectivity index (χ2n) is 3.83. The maximum Gasteiger partial charge on any atom is 0.306 e. The maximum atomic E-state index is 10.7. The number of hydrogen-bond acceptors (Lipinski definition) is 3. The Hall–Kier alpha value is -2.04. The van der Waals surface area contributed by atoms with Crippen LogP contribution in [0.4, 0.5) is 0 Å². The van der Waals surface area contributed by atoms with Crippen molar-refractivity contribution in [3.8, 4) is 5.75 Å². The van der Waals surface area contributed by atoms with E-state index < -0.39 is 11.9 Å². The summed E-state index contributed by atoms with van der Waals surface area (Å²) in [6, 6.07) is 4.81. The number of rotatable bonds is 3. The maximum absolute atomic E-state index is 10.7. The summed E-state index contributed by atoms with van der Waals surface area (Å²) in [5, 5.41) is 18.0. The zero-order valence-electron chi connectivity index (χ0n) is 8.77. The lowest BCUT2D eigenvalue weighted by molar-refractivity contribution is -0.141. The van der Waals surface area contributed by atoms with Gasteiger partial charge in [-0.1, -0.05) is 6.92 Å². The van der Waals surface area contributed by atoms with Crippen LogP contribution in [0.2, 0.25) is 0 Å². The molecule has 2 aromatic rings. The van der Waals surface area contributed by atoms with Gasteiger partial charge in [0.15, 0.2) is 0 Å². The van der Waals surface area contributed by atoms with Gasteiger partial charge in [0.25, 0.3) is 0 Å². The third-order valence-corrected chi connectivity index (χ3v) is 2.44. The van der Waals surface area contributed by atoms with Crippen LogP contribution >= 0.6 is 0 Å². The lowest BCUT2D eigenvalue weighted by Gasteiger charge is -2.01. The Balaban J connectivity index is 2.29. The summed E-state index contributed by atoms with van der Waals surface area (Å²) in [7, 11) is 0. The molecule has 0 saturated carbocycles. The zero-order valence-corrected chi connectivity index (χ0v) is 8.77. The fourth-order valence-corrected chi connectivity index (χ4v) is 1.52. The van der Waals surface area contributed by atoms with Crippen molar-refractivity contribution < 1.29 is 15.0 Å². The Labute approximate surface area is 91.8 Å². The van der Waals surface area contributed by atoms with E-state index in [1.807, 2.05) is 0 Å². The molecule has 1 unspecified atom stereocenters. The topological polar surface area (TPSA) is 86.2 Å². The third kappa shape index (κ3) is 1.98. The summed E-state index contributed by atoms with van der Waals surface area (Å²) in [4.78, 5) is 17.9. The molecule has 1 atom stereocenters.